The summed E-state index contributed by atoms with van der Waals surface area (Å²) in [4.78, 5) is 0. The van der Waals surface area contributed by atoms with E-state index in [2.05, 4.69) is 11.5 Å². The summed E-state index contributed by atoms with van der Waals surface area (Å²) in [5, 5.41) is 21.3. The van der Waals surface area contributed by atoms with Gasteiger partial charge in [-0.15, -0.1) is 0 Å². The zero-order valence-corrected chi connectivity index (χ0v) is 15.0. The highest BCUT2D eigenvalue weighted by Gasteiger charge is 2.16. The summed E-state index contributed by atoms with van der Waals surface area (Å²) < 4.78 is 2.24. The molecule has 3 aromatic carbocycles. The first-order chi connectivity index (χ1) is 12.5. The number of fused-ring (bicyclic) bond motifs is 1. The predicted octanol–water partition coefficient (Wildman–Crippen LogP) is 5.73. The second-order valence-electron chi connectivity index (χ2n) is 6.43. The maximum atomic E-state index is 9.93. The Bertz CT molecular complexity index is 1080. The fraction of sp³-hybridized carbons (Fsp3) is 0.0909. The molecule has 0 atom stereocenters. The third-order valence-corrected chi connectivity index (χ3v) is 4.95. The van der Waals surface area contributed by atoms with Gasteiger partial charge in [-0.3, -0.25) is 0 Å². The number of hydrogen-bond donors (Lipinski definition) is 2. The van der Waals surface area contributed by atoms with Crippen LogP contribution in [-0.2, 0) is 6.54 Å². The number of phenolic OH excluding ortho intramolecular Hbond substituents is 2. The molecule has 2 N–H and O–H groups in total. The van der Waals surface area contributed by atoms with Crippen LogP contribution in [0, 0.1) is 6.92 Å². The normalized spacial score (nSPS) is 11.2. The molecule has 0 amide bonds. The third-order valence-electron chi connectivity index (χ3n) is 4.69. The quantitative estimate of drug-likeness (QED) is 0.488. The fourth-order valence-corrected chi connectivity index (χ4v) is 3.56. The molecule has 1 heterocycles. The topological polar surface area (TPSA) is 45.4 Å². The smallest absolute Gasteiger partial charge is 0.116 e. The average molecular weight is 364 g/mol. The van der Waals surface area contributed by atoms with Crippen LogP contribution < -0.4 is 0 Å². The van der Waals surface area contributed by atoms with Gasteiger partial charge in [0, 0.05) is 22.5 Å². The van der Waals surface area contributed by atoms with Crippen molar-refractivity contribution < 1.29 is 10.2 Å². The van der Waals surface area contributed by atoms with E-state index in [0.29, 0.717) is 11.6 Å². The Balaban J connectivity index is 1.94. The molecule has 0 saturated carbocycles. The molecule has 4 rings (SSSR count). The molecule has 0 spiro atoms. The fourth-order valence-electron chi connectivity index (χ4n) is 3.44. The van der Waals surface area contributed by atoms with Gasteiger partial charge in [-0.1, -0.05) is 23.7 Å². The molecule has 0 aliphatic heterocycles. The van der Waals surface area contributed by atoms with E-state index < -0.39 is 0 Å². The number of rotatable bonds is 3. The van der Waals surface area contributed by atoms with Crippen LogP contribution >= 0.6 is 11.6 Å². The van der Waals surface area contributed by atoms with Gasteiger partial charge >= 0.3 is 0 Å². The van der Waals surface area contributed by atoms with E-state index in [0.717, 1.165) is 33.3 Å². The molecule has 0 radical (unpaired) electrons. The van der Waals surface area contributed by atoms with Gasteiger partial charge in [0.2, 0.25) is 0 Å². The number of nitrogens with zero attached hydrogens (tertiary/aromatic N) is 1. The third kappa shape index (κ3) is 2.91. The summed E-state index contributed by atoms with van der Waals surface area (Å²) in [7, 11) is 0. The Morgan fingerprint density at radius 1 is 0.846 bits per heavy atom. The molecule has 130 valence electrons. The van der Waals surface area contributed by atoms with Crippen molar-refractivity contribution in [1.82, 2.24) is 4.57 Å². The summed E-state index contributed by atoms with van der Waals surface area (Å²) in [6.45, 7) is 2.74. The van der Waals surface area contributed by atoms with Crippen molar-refractivity contribution in [2.75, 3.05) is 0 Å². The first-order valence-corrected chi connectivity index (χ1v) is 8.76. The highest BCUT2D eigenvalue weighted by Crippen LogP contribution is 2.36. The molecule has 0 unspecified atom stereocenters. The second kappa shape index (κ2) is 6.43. The van der Waals surface area contributed by atoms with E-state index in [1.54, 1.807) is 24.3 Å². The van der Waals surface area contributed by atoms with Crippen molar-refractivity contribution in [1.29, 1.82) is 0 Å². The summed E-state index contributed by atoms with van der Waals surface area (Å²) in [5.74, 6) is 0.492. The van der Waals surface area contributed by atoms with Crippen LogP contribution in [0.5, 0.6) is 11.5 Å². The number of aromatic hydroxyl groups is 2. The van der Waals surface area contributed by atoms with Crippen molar-refractivity contribution in [3.05, 3.63) is 82.9 Å². The predicted molar refractivity (Wildman–Crippen MR) is 106 cm³/mol. The van der Waals surface area contributed by atoms with Crippen molar-refractivity contribution in [2.45, 2.75) is 13.5 Å². The van der Waals surface area contributed by atoms with Crippen LogP contribution in [0.2, 0.25) is 5.02 Å². The number of phenols is 2. The molecular weight excluding hydrogens is 346 g/mol. The number of aryl methyl sites for hydroxylation is 1. The first-order valence-electron chi connectivity index (χ1n) is 8.38. The Labute approximate surface area is 156 Å². The lowest BCUT2D eigenvalue weighted by Crippen LogP contribution is -2.02. The molecule has 0 bridgehead atoms. The monoisotopic (exact) mass is 363 g/mol. The Hall–Kier alpha value is -2.91. The van der Waals surface area contributed by atoms with Crippen LogP contribution in [0.25, 0.3) is 22.2 Å². The van der Waals surface area contributed by atoms with E-state index in [-0.39, 0.29) is 11.5 Å². The lowest BCUT2D eigenvalue weighted by atomic mass is 10.1. The molecule has 3 nitrogen and oxygen atoms in total. The van der Waals surface area contributed by atoms with Crippen molar-refractivity contribution in [3.8, 4) is 22.8 Å². The average Bonchev–Trinajstić information content (AvgIpc) is 2.89. The molecule has 0 saturated heterocycles. The minimum absolute atomic E-state index is 0.240. The lowest BCUT2D eigenvalue weighted by Gasteiger charge is -2.12. The van der Waals surface area contributed by atoms with Gasteiger partial charge < -0.3 is 14.8 Å². The number of halogens is 1. The van der Waals surface area contributed by atoms with Crippen molar-refractivity contribution in [2.24, 2.45) is 0 Å². The minimum atomic E-state index is 0.240. The second-order valence-corrected chi connectivity index (χ2v) is 6.87. The molecular formula is C22H18ClNO2. The van der Waals surface area contributed by atoms with E-state index in [1.807, 2.05) is 42.5 Å². The molecule has 0 fully saturated rings. The van der Waals surface area contributed by atoms with Gasteiger partial charge in [0.05, 0.1) is 5.69 Å². The molecule has 1 aromatic heterocycles. The molecule has 0 aliphatic rings. The van der Waals surface area contributed by atoms with Gasteiger partial charge in [-0.2, -0.15) is 0 Å². The molecule has 0 aliphatic carbocycles. The maximum absolute atomic E-state index is 9.93. The van der Waals surface area contributed by atoms with Gasteiger partial charge in [0.1, 0.15) is 11.5 Å². The summed E-state index contributed by atoms with van der Waals surface area (Å²) in [6, 6.07) is 20.5. The van der Waals surface area contributed by atoms with E-state index in [4.69, 9.17) is 11.6 Å². The van der Waals surface area contributed by atoms with Crippen LogP contribution in [0.3, 0.4) is 0 Å². The molecule has 26 heavy (non-hydrogen) atoms. The molecule has 4 heteroatoms. The minimum Gasteiger partial charge on any atom is -0.508 e. The van der Waals surface area contributed by atoms with Crippen LogP contribution in [0.15, 0.2) is 66.7 Å². The summed E-state index contributed by atoms with van der Waals surface area (Å²) >= 11 is 6.01. The van der Waals surface area contributed by atoms with Crippen LogP contribution in [0.1, 0.15) is 11.1 Å². The van der Waals surface area contributed by atoms with Crippen LogP contribution in [0.4, 0.5) is 0 Å². The molecule has 4 aromatic rings. The lowest BCUT2D eigenvalue weighted by molar-refractivity contribution is 0.475. The van der Waals surface area contributed by atoms with Crippen LogP contribution in [-0.4, -0.2) is 14.8 Å². The zero-order valence-electron chi connectivity index (χ0n) is 14.3. The first kappa shape index (κ1) is 16.6. The van der Waals surface area contributed by atoms with E-state index in [1.165, 1.54) is 0 Å². The zero-order chi connectivity index (χ0) is 18.3. The van der Waals surface area contributed by atoms with E-state index in [9.17, 15) is 10.2 Å². The maximum Gasteiger partial charge on any atom is 0.116 e. The van der Waals surface area contributed by atoms with Crippen molar-refractivity contribution >= 4 is 22.5 Å². The van der Waals surface area contributed by atoms with Crippen molar-refractivity contribution in [3.63, 3.8) is 0 Å². The largest absolute Gasteiger partial charge is 0.508 e. The Morgan fingerprint density at radius 2 is 1.50 bits per heavy atom. The standard InChI is InChI=1S/C22H18ClNO2/c1-14-20-12-19(26)10-11-21(20)24(13-15-2-6-17(23)7-3-15)22(14)16-4-8-18(25)9-5-16/h2-12,25-26H,13H2,1H3. The summed E-state index contributed by atoms with van der Waals surface area (Å²) in [6.07, 6.45) is 0. The number of hydrogen-bond acceptors (Lipinski definition) is 2. The Morgan fingerprint density at radius 3 is 2.19 bits per heavy atom. The van der Waals surface area contributed by atoms with Gasteiger partial charge in [0.15, 0.2) is 0 Å². The van der Waals surface area contributed by atoms with Gasteiger partial charge in [-0.25, -0.2) is 0 Å². The van der Waals surface area contributed by atoms with Gasteiger partial charge in [-0.05, 0) is 78.2 Å². The highest BCUT2D eigenvalue weighted by atomic mass is 35.5. The number of aromatic nitrogens is 1. The SMILES string of the molecule is Cc1c(-c2ccc(O)cc2)n(Cc2ccc(Cl)cc2)c2ccc(O)cc12. The summed E-state index contributed by atoms with van der Waals surface area (Å²) in [5.41, 5.74) is 5.37. The highest BCUT2D eigenvalue weighted by molar-refractivity contribution is 6.30. The van der Waals surface area contributed by atoms with E-state index >= 15 is 0 Å². The number of benzene rings is 3. The van der Waals surface area contributed by atoms with Gasteiger partial charge in [0.25, 0.3) is 0 Å². The Kier molecular flexibility index (Phi) is 4.09.